The van der Waals surface area contributed by atoms with Gasteiger partial charge in [0.05, 0.1) is 6.10 Å². The first kappa shape index (κ1) is 14.3. The molecule has 96 valence electrons. The van der Waals surface area contributed by atoms with Crippen molar-refractivity contribution in [2.45, 2.75) is 31.9 Å². The Kier molecular flexibility index (Phi) is 7.45. The van der Waals surface area contributed by atoms with Crippen LogP contribution >= 0.6 is 11.8 Å². The molecule has 1 aliphatic rings. The van der Waals surface area contributed by atoms with Crippen LogP contribution in [-0.2, 0) is 4.74 Å². The lowest BCUT2D eigenvalue weighted by molar-refractivity contribution is 0.108. The third-order valence-corrected chi connectivity index (χ3v) is 3.83. The van der Waals surface area contributed by atoms with Gasteiger partial charge in [-0.05, 0) is 33.1 Å². The zero-order chi connectivity index (χ0) is 11.8. The average Bonchev–Trinajstić information content (AvgIpc) is 2.78. The van der Waals surface area contributed by atoms with E-state index in [0.717, 1.165) is 19.7 Å². The van der Waals surface area contributed by atoms with E-state index < -0.39 is 0 Å². The van der Waals surface area contributed by atoms with E-state index in [-0.39, 0.29) is 0 Å². The summed E-state index contributed by atoms with van der Waals surface area (Å²) in [6, 6.07) is 0.605. The van der Waals surface area contributed by atoms with E-state index in [9.17, 15) is 0 Å². The van der Waals surface area contributed by atoms with Crippen LogP contribution in [0.15, 0.2) is 0 Å². The minimum Gasteiger partial charge on any atom is -0.377 e. The molecule has 4 heteroatoms. The molecule has 0 aromatic heterocycles. The zero-order valence-corrected chi connectivity index (χ0v) is 11.7. The number of likely N-dealkylation sites (N-methyl/N-ethyl adjacent to an activating group) is 1. The van der Waals surface area contributed by atoms with Crippen molar-refractivity contribution < 1.29 is 4.74 Å². The van der Waals surface area contributed by atoms with Gasteiger partial charge in [-0.1, -0.05) is 0 Å². The van der Waals surface area contributed by atoms with Crippen molar-refractivity contribution in [3.63, 3.8) is 0 Å². The first-order valence-corrected chi connectivity index (χ1v) is 7.65. The van der Waals surface area contributed by atoms with Crippen LogP contribution in [0.3, 0.4) is 0 Å². The predicted molar refractivity (Wildman–Crippen MR) is 72.3 cm³/mol. The van der Waals surface area contributed by atoms with Crippen LogP contribution in [0.5, 0.6) is 0 Å². The predicted octanol–water partition coefficient (Wildman–Crippen LogP) is 1.44. The van der Waals surface area contributed by atoms with E-state index in [1.54, 1.807) is 0 Å². The quantitative estimate of drug-likeness (QED) is 0.700. The average molecular weight is 246 g/mol. The monoisotopic (exact) mass is 246 g/mol. The second kappa shape index (κ2) is 8.34. The highest BCUT2D eigenvalue weighted by molar-refractivity contribution is 7.98. The summed E-state index contributed by atoms with van der Waals surface area (Å²) in [6.07, 6.45) is 5.08. The highest BCUT2D eigenvalue weighted by atomic mass is 32.2. The second-order valence-electron chi connectivity index (χ2n) is 4.62. The molecule has 16 heavy (non-hydrogen) atoms. The van der Waals surface area contributed by atoms with Gasteiger partial charge in [0.15, 0.2) is 0 Å². The van der Waals surface area contributed by atoms with Gasteiger partial charge in [-0.25, -0.2) is 0 Å². The van der Waals surface area contributed by atoms with Gasteiger partial charge < -0.3 is 15.0 Å². The molecule has 0 aliphatic carbocycles. The molecular weight excluding hydrogens is 220 g/mol. The summed E-state index contributed by atoms with van der Waals surface area (Å²) >= 11 is 1.91. The summed E-state index contributed by atoms with van der Waals surface area (Å²) in [5.41, 5.74) is 0. The molecule has 1 heterocycles. The van der Waals surface area contributed by atoms with Crippen molar-refractivity contribution in [1.82, 2.24) is 10.2 Å². The van der Waals surface area contributed by atoms with Gasteiger partial charge >= 0.3 is 0 Å². The van der Waals surface area contributed by atoms with Gasteiger partial charge in [-0.15, -0.1) is 0 Å². The van der Waals surface area contributed by atoms with Crippen LogP contribution < -0.4 is 5.32 Å². The summed E-state index contributed by atoms with van der Waals surface area (Å²) in [4.78, 5) is 2.42. The lowest BCUT2D eigenvalue weighted by Crippen LogP contribution is -2.41. The van der Waals surface area contributed by atoms with Gasteiger partial charge in [0, 0.05) is 38.0 Å². The van der Waals surface area contributed by atoms with Gasteiger partial charge in [-0.3, -0.25) is 0 Å². The van der Waals surface area contributed by atoms with Crippen molar-refractivity contribution in [3.8, 4) is 0 Å². The molecule has 2 unspecified atom stereocenters. The van der Waals surface area contributed by atoms with Crippen LogP contribution in [0.25, 0.3) is 0 Å². The second-order valence-corrected chi connectivity index (χ2v) is 5.60. The van der Waals surface area contributed by atoms with E-state index in [0.29, 0.717) is 12.1 Å². The number of thioether (sulfide) groups is 1. The molecule has 0 bridgehead atoms. The maximum absolute atomic E-state index is 5.58. The Bertz CT molecular complexity index is 174. The molecule has 1 rings (SSSR count). The van der Waals surface area contributed by atoms with Crippen LogP contribution in [0.2, 0.25) is 0 Å². The van der Waals surface area contributed by atoms with Crippen molar-refractivity contribution >= 4 is 11.8 Å². The Morgan fingerprint density at radius 1 is 1.56 bits per heavy atom. The Morgan fingerprint density at radius 3 is 3.00 bits per heavy atom. The number of hydrogen-bond acceptors (Lipinski definition) is 4. The first-order chi connectivity index (χ1) is 7.74. The fourth-order valence-electron chi connectivity index (χ4n) is 1.87. The van der Waals surface area contributed by atoms with Gasteiger partial charge in [0.25, 0.3) is 0 Å². The summed E-state index contributed by atoms with van der Waals surface area (Å²) in [7, 11) is 2.20. The molecule has 1 saturated heterocycles. The van der Waals surface area contributed by atoms with Gasteiger partial charge in [0.1, 0.15) is 0 Å². The van der Waals surface area contributed by atoms with Gasteiger partial charge in [-0.2, -0.15) is 11.8 Å². The molecular formula is C12H26N2OS. The molecule has 0 saturated carbocycles. The van der Waals surface area contributed by atoms with E-state index in [1.807, 2.05) is 11.8 Å². The Morgan fingerprint density at radius 2 is 2.38 bits per heavy atom. The van der Waals surface area contributed by atoms with E-state index in [2.05, 4.69) is 30.4 Å². The van der Waals surface area contributed by atoms with Crippen molar-refractivity contribution in [2.75, 3.05) is 45.3 Å². The molecule has 1 fully saturated rings. The highest BCUT2D eigenvalue weighted by Crippen LogP contribution is 2.10. The molecule has 1 aliphatic heterocycles. The summed E-state index contributed by atoms with van der Waals surface area (Å²) in [5, 5.41) is 3.51. The van der Waals surface area contributed by atoms with Crippen LogP contribution in [0.4, 0.5) is 0 Å². The number of ether oxygens (including phenoxy) is 1. The first-order valence-electron chi connectivity index (χ1n) is 6.25. The lowest BCUT2D eigenvalue weighted by atomic mass is 10.2. The fraction of sp³-hybridized carbons (Fsp3) is 1.00. The molecule has 0 radical (unpaired) electrons. The minimum atomic E-state index is 0.462. The van der Waals surface area contributed by atoms with Crippen molar-refractivity contribution in [1.29, 1.82) is 0 Å². The maximum atomic E-state index is 5.58. The third-order valence-electron chi connectivity index (χ3n) is 3.24. The van der Waals surface area contributed by atoms with Crippen molar-refractivity contribution in [2.24, 2.45) is 0 Å². The fourth-order valence-corrected chi connectivity index (χ4v) is 2.34. The number of nitrogens with one attached hydrogen (secondary N) is 1. The summed E-state index contributed by atoms with van der Waals surface area (Å²) < 4.78 is 5.58. The third kappa shape index (κ3) is 5.53. The molecule has 3 nitrogen and oxygen atoms in total. The normalized spacial score (nSPS) is 22.9. The smallest absolute Gasteiger partial charge is 0.0700 e. The van der Waals surface area contributed by atoms with E-state index in [4.69, 9.17) is 4.74 Å². The Labute approximate surface area is 104 Å². The number of rotatable bonds is 8. The SMILES string of the molecule is CSCCN(C)C(C)CNCC1CCCO1. The molecule has 2 atom stereocenters. The summed E-state index contributed by atoms with van der Waals surface area (Å²) in [5.74, 6) is 1.21. The summed E-state index contributed by atoms with van der Waals surface area (Å²) in [6.45, 7) is 6.48. The van der Waals surface area contributed by atoms with Crippen LogP contribution in [-0.4, -0.2) is 62.3 Å². The largest absolute Gasteiger partial charge is 0.377 e. The highest BCUT2D eigenvalue weighted by Gasteiger charge is 2.15. The van der Waals surface area contributed by atoms with Crippen LogP contribution in [0.1, 0.15) is 19.8 Å². The standard InChI is InChI=1S/C12H26N2OS/c1-11(14(2)6-8-16-3)9-13-10-12-5-4-7-15-12/h11-13H,4-10H2,1-3H3. The molecule has 0 spiro atoms. The molecule has 0 aromatic rings. The number of hydrogen-bond donors (Lipinski definition) is 1. The molecule has 1 N–H and O–H groups in total. The molecule has 0 amide bonds. The lowest BCUT2D eigenvalue weighted by Gasteiger charge is -2.25. The van der Waals surface area contributed by atoms with Crippen molar-refractivity contribution in [3.05, 3.63) is 0 Å². The topological polar surface area (TPSA) is 24.5 Å². The van der Waals surface area contributed by atoms with Gasteiger partial charge in [0.2, 0.25) is 0 Å². The van der Waals surface area contributed by atoms with E-state index in [1.165, 1.54) is 25.1 Å². The maximum Gasteiger partial charge on any atom is 0.0700 e. The Hall–Kier alpha value is 0.230. The van der Waals surface area contributed by atoms with E-state index >= 15 is 0 Å². The molecule has 0 aromatic carbocycles. The minimum absolute atomic E-state index is 0.462. The Balaban J connectivity index is 2.01. The zero-order valence-electron chi connectivity index (χ0n) is 10.9. The van der Waals surface area contributed by atoms with Crippen LogP contribution in [0, 0.1) is 0 Å². The number of nitrogens with zero attached hydrogens (tertiary/aromatic N) is 1.